The molecule has 0 unspecified atom stereocenters. The summed E-state index contributed by atoms with van der Waals surface area (Å²) in [4.78, 5) is 17.9. The Balaban J connectivity index is 2.85. The number of Topliss-reactive ketones (excluding diaryl/α,β-unsaturated/α-hetero) is 1. The van der Waals surface area contributed by atoms with Crippen LogP contribution in [0.1, 0.15) is 24.1 Å². The van der Waals surface area contributed by atoms with Gasteiger partial charge in [0.05, 0.1) is 12.1 Å². The Labute approximate surface area is 65.8 Å². The fourth-order valence-corrected chi connectivity index (χ4v) is 1.07. The van der Waals surface area contributed by atoms with Crippen molar-refractivity contribution in [2.24, 2.45) is 0 Å². The average molecular weight is 152 g/mol. The van der Waals surface area contributed by atoms with Crippen LogP contribution in [-0.4, -0.2) is 15.8 Å². The van der Waals surface area contributed by atoms with E-state index >= 15 is 0 Å². The fraction of sp³-hybridized carbons (Fsp3) is 0.500. The number of aromatic nitrogens is 2. The summed E-state index contributed by atoms with van der Waals surface area (Å²) in [5.74, 6) is 1.03. The van der Waals surface area contributed by atoms with Crippen LogP contribution < -0.4 is 0 Å². The third-order valence-electron chi connectivity index (χ3n) is 1.52. The Morgan fingerprint density at radius 3 is 2.55 bits per heavy atom. The highest BCUT2D eigenvalue weighted by Gasteiger charge is 2.05. The van der Waals surface area contributed by atoms with Gasteiger partial charge in [0.2, 0.25) is 0 Å². The van der Waals surface area contributed by atoms with Gasteiger partial charge in [-0.15, -0.1) is 0 Å². The monoisotopic (exact) mass is 152 g/mol. The van der Waals surface area contributed by atoms with Gasteiger partial charge in [-0.3, -0.25) is 4.79 Å². The molecule has 11 heavy (non-hydrogen) atoms. The molecule has 1 aromatic rings. The SMILES string of the molecule is CC(=O)Cc1nc(C)[nH]c1C. The topological polar surface area (TPSA) is 45.8 Å². The highest BCUT2D eigenvalue weighted by atomic mass is 16.1. The van der Waals surface area contributed by atoms with Crippen molar-refractivity contribution in [2.45, 2.75) is 27.2 Å². The summed E-state index contributed by atoms with van der Waals surface area (Å²) in [7, 11) is 0. The lowest BCUT2D eigenvalue weighted by molar-refractivity contribution is -0.116. The molecule has 0 saturated heterocycles. The number of aryl methyl sites for hydroxylation is 2. The third kappa shape index (κ3) is 1.90. The van der Waals surface area contributed by atoms with E-state index < -0.39 is 0 Å². The van der Waals surface area contributed by atoms with Crippen molar-refractivity contribution >= 4 is 5.78 Å². The Kier molecular flexibility index (Phi) is 2.08. The van der Waals surface area contributed by atoms with Crippen LogP contribution in [0.4, 0.5) is 0 Å². The second-order valence-corrected chi connectivity index (χ2v) is 2.77. The van der Waals surface area contributed by atoms with E-state index in [1.54, 1.807) is 6.92 Å². The molecule has 0 radical (unpaired) electrons. The molecule has 0 bridgehead atoms. The maximum Gasteiger partial charge on any atom is 0.135 e. The smallest absolute Gasteiger partial charge is 0.135 e. The quantitative estimate of drug-likeness (QED) is 0.691. The summed E-state index contributed by atoms with van der Waals surface area (Å²) in [5, 5.41) is 0. The van der Waals surface area contributed by atoms with Crippen LogP contribution in [-0.2, 0) is 11.2 Å². The van der Waals surface area contributed by atoms with Crippen molar-refractivity contribution < 1.29 is 4.79 Å². The van der Waals surface area contributed by atoms with Crippen LogP contribution in [0.2, 0.25) is 0 Å². The predicted octanol–water partition coefficient (Wildman–Crippen LogP) is 1.16. The van der Waals surface area contributed by atoms with Crippen molar-refractivity contribution in [3.05, 3.63) is 17.2 Å². The summed E-state index contributed by atoms with van der Waals surface area (Å²) >= 11 is 0. The largest absolute Gasteiger partial charge is 0.346 e. The van der Waals surface area contributed by atoms with E-state index in [1.165, 1.54) is 0 Å². The molecule has 0 aliphatic heterocycles. The van der Waals surface area contributed by atoms with Gasteiger partial charge in [-0.25, -0.2) is 4.98 Å². The normalized spacial score (nSPS) is 10.1. The maximum atomic E-state index is 10.7. The number of H-pyrrole nitrogens is 1. The second-order valence-electron chi connectivity index (χ2n) is 2.77. The molecular formula is C8H12N2O. The molecule has 0 saturated carbocycles. The molecule has 0 atom stereocenters. The first-order valence-corrected chi connectivity index (χ1v) is 3.61. The first kappa shape index (κ1) is 7.98. The van der Waals surface area contributed by atoms with E-state index in [9.17, 15) is 4.79 Å². The summed E-state index contributed by atoms with van der Waals surface area (Å²) in [6.07, 6.45) is 0.441. The number of rotatable bonds is 2. The van der Waals surface area contributed by atoms with Crippen LogP contribution in [0.3, 0.4) is 0 Å². The highest BCUT2D eigenvalue weighted by Crippen LogP contribution is 2.04. The van der Waals surface area contributed by atoms with Crippen molar-refractivity contribution in [3.8, 4) is 0 Å². The minimum Gasteiger partial charge on any atom is -0.346 e. The highest BCUT2D eigenvalue weighted by molar-refractivity contribution is 5.77. The lowest BCUT2D eigenvalue weighted by Gasteiger charge is -1.90. The number of imidazole rings is 1. The number of nitrogens with zero attached hydrogens (tertiary/aromatic N) is 1. The van der Waals surface area contributed by atoms with E-state index in [4.69, 9.17) is 0 Å². The molecule has 0 aliphatic rings. The van der Waals surface area contributed by atoms with Gasteiger partial charge in [0.15, 0.2) is 0 Å². The van der Waals surface area contributed by atoms with Crippen molar-refractivity contribution in [2.75, 3.05) is 0 Å². The van der Waals surface area contributed by atoms with Crippen molar-refractivity contribution in [1.82, 2.24) is 9.97 Å². The van der Waals surface area contributed by atoms with Gasteiger partial charge < -0.3 is 4.98 Å². The molecule has 0 aromatic carbocycles. The van der Waals surface area contributed by atoms with Gasteiger partial charge >= 0.3 is 0 Å². The van der Waals surface area contributed by atoms with Gasteiger partial charge in [-0.1, -0.05) is 0 Å². The molecule has 1 heterocycles. The third-order valence-corrected chi connectivity index (χ3v) is 1.52. The predicted molar refractivity (Wildman–Crippen MR) is 42.4 cm³/mol. The van der Waals surface area contributed by atoms with E-state index in [0.29, 0.717) is 6.42 Å². The molecule has 1 aromatic heterocycles. The molecular weight excluding hydrogens is 140 g/mol. The number of hydrogen-bond acceptors (Lipinski definition) is 2. The molecule has 3 nitrogen and oxygen atoms in total. The Hall–Kier alpha value is -1.12. The molecule has 0 fully saturated rings. The Morgan fingerprint density at radius 2 is 2.18 bits per heavy atom. The summed E-state index contributed by atoms with van der Waals surface area (Å²) in [6, 6.07) is 0. The van der Waals surface area contributed by atoms with E-state index in [0.717, 1.165) is 17.2 Å². The van der Waals surface area contributed by atoms with E-state index in [2.05, 4.69) is 9.97 Å². The van der Waals surface area contributed by atoms with Gasteiger partial charge in [0.25, 0.3) is 0 Å². The molecule has 60 valence electrons. The molecule has 0 amide bonds. The van der Waals surface area contributed by atoms with Gasteiger partial charge in [0, 0.05) is 5.69 Å². The number of carbonyl (C=O) groups is 1. The number of hydrogen-bond donors (Lipinski definition) is 1. The lowest BCUT2D eigenvalue weighted by Crippen LogP contribution is -1.98. The summed E-state index contributed by atoms with van der Waals surface area (Å²) in [5.41, 5.74) is 1.87. The van der Waals surface area contributed by atoms with Gasteiger partial charge in [0.1, 0.15) is 11.6 Å². The van der Waals surface area contributed by atoms with Crippen LogP contribution in [0.15, 0.2) is 0 Å². The molecule has 1 rings (SSSR count). The number of nitrogens with one attached hydrogen (secondary N) is 1. The maximum absolute atomic E-state index is 10.7. The minimum absolute atomic E-state index is 0.152. The number of ketones is 1. The van der Waals surface area contributed by atoms with Gasteiger partial charge in [-0.05, 0) is 20.8 Å². The zero-order valence-electron chi connectivity index (χ0n) is 7.06. The molecule has 0 aliphatic carbocycles. The van der Waals surface area contributed by atoms with Crippen molar-refractivity contribution in [3.63, 3.8) is 0 Å². The summed E-state index contributed by atoms with van der Waals surface area (Å²) < 4.78 is 0. The first-order chi connectivity index (χ1) is 5.09. The Morgan fingerprint density at radius 1 is 1.55 bits per heavy atom. The first-order valence-electron chi connectivity index (χ1n) is 3.61. The van der Waals surface area contributed by atoms with Crippen LogP contribution in [0, 0.1) is 13.8 Å². The lowest BCUT2D eigenvalue weighted by atomic mass is 10.2. The van der Waals surface area contributed by atoms with Crippen LogP contribution >= 0.6 is 0 Å². The van der Waals surface area contributed by atoms with E-state index in [-0.39, 0.29) is 5.78 Å². The molecule has 3 heteroatoms. The van der Waals surface area contributed by atoms with Crippen molar-refractivity contribution in [1.29, 1.82) is 0 Å². The van der Waals surface area contributed by atoms with E-state index in [1.807, 2.05) is 13.8 Å². The standard InChI is InChI=1S/C8H12N2O/c1-5(11)4-8-6(2)9-7(3)10-8/h4H2,1-3H3,(H,9,10). The number of aromatic amines is 1. The van der Waals surface area contributed by atoms with Crippen LogP contribution in [0.5, 0.6) is 0 Å². The zero-order chi connectivity index (χ0) is 8.43. The number of carbonyl (C=O) groups excluding carboxylic acids is 1. The molecule has 0 spiro atoms. The molecule has 1 N–H and O–H groups in total. The second kappa shape index (κ2) is 2.86. The average Bonchev–Trinajstić information content (AvgIpc) is 2.09. The van der Waals surface area contributed by atoms with Gasteiger partial charge in [-0.2, -0.15) is 0 Å². The van der Waals surface area contributed by atoms with Crippen LogP contribution in [0.25, 0.3) is 0 Å². The Bertz CT molecular complexity index is 276. The summed E-state index contributed by atoms with van der Waals surface area (Å²) in [6.45, 7) is 5.39. The fourth-order valence-electron chi connectivity index (χ4n) is 1.07. The minimum atomic E-state index is 0.152. The zero-order valence-corrected chi connectivity index (χ0v) is 7.06.